The van der Waals surface area contributed by atoms with Crippen LogP contribution in [0.2, 0.25) is 0 Å². The molecule has 0 unspecified atom stereocenters. The van der Waals surface area contributed by atoms with E-state index in [1.807, 2.05) is 0 Å². The van der Waals surface area contributed by atoms with E-state index in [1.165, 1.54) is 19.3 Å². The Labute approximate surface area is 95.8 Å². The maximum atomic E-state index is 2.46. The zero-order valence-electron chi connectivity index (χ0n) is 11.4. The van der Waals surface area contributed by atoms with Crippen LogP contribution < -0.4 is 0 Å². The van der Waals surface area contributed by atoms with E-state index in [-0.39, 0.29) is 0 Å². The van der Waals surface area contributed by atoms with Crippen molar-refractivity contribution in [3.63, 3.8) is 0 Å². The molecule has 2 aliphatic rings. The van der Waals surface area contributed by atoms with Crippen molar-refractivity contribution in [3.05, 3.63) is 0 Å². The average molecular weight is 208 g/mol. The van der Waals surface area contributed by atoms with E-state index in [4.69, 9.17) is 0 Å². The van der Waals surface area contributed by atoms with Crippen LogP contribution in [-0.4, -0.2) is 0 Å². The summed E-state index contributed by atoms with van der Waals surface area (Å²) in [7, 11) is 0. The molecule has 2 aliphatic carbocycles. The first-order valence-corrected chi connectivity index (χ1v) is 6.71. The Morgan fingerprint density at radius 1 is 0.667 bits per heavy atom. The second-order valence-corrected chi connectivity index (χ2v) is 8.12. The normalized spacial score (nSPS) is 41.2. The Morgan fingerprint density at radius 3 is 1.27 bits per heavy atom. The highest BCUT2D eigenvalue weighted by Gasteiger charge is 2.54. The topological polar surface area (TPSA) is 0 Å². The third-order valence-corrected chi connectivity index (χ3v) is 4.92. The van der Waals surface area contributed by atoms with Gasteiger partial charge >= 0.3 is 0 Å². The van der Waals surface area contributed by atoms with E-state index in [9.17, 15) is 0 Å². The molecule has 2 rings (SSSR count). The summed E-state index contributed by atoms with van der Waals surface area (Å²) in [6.07, 6.45) is 4.56. The molecule has 2 fully saturated rings. The Morgan fingerprint density at radius 2 is 1.00 bits per heavy atom. The van der Waals surface area contributed by atoms with Gasteiger partial charge in [-0.15, -0.1) is 0 Å². The predicted octanol–water partition coefficient (Wildman–Crippen LogP) is 4.74. The molecule has 2 bridgehead atoms. The minimum absolute atomic E-state index is 0.512. The molecular formula is C15H28. The smallest absolute Gasteiger partial charge is 0.0301 e. The minimum Gasteiger partial charge on any atom is -0.0599 e. The van der Waals surface area contributed by atoms with Gasteiger partial charge in [0.1, 0.15) is 0 Å². The first kappa shape index (κ1) is 11.5. The van der Waals surface area contributed by atoms with Gasteiger partial charge in [0, 0.05) is 0 Å². The van der Waals surface area contributed by atoms with Crippen LogP contribution >= 0.6 is 0 Å². The van der Waals surface area contributed by atoms with E-state index in [1.54, 1.807) is 0 Å². The van der Waals surface area contributed by atoms with Crippen molar-refractivity contribution in [1.82, 2.24) is 0 Å². The van der Waals surface area contributed by atoms with Gasteiger partial charge in [-0.1, -0.05) is 41.5 Å². The first-order valence-electron chi connectivity index (χ1n) is 6.71. The maximum absolute atomic E-state index is 2.46. The van der Waals surface area contributed by atoms with E-state index in [0.717, 1.165) is 23.7 Å². The standard InChI is InChI=1S/C15H28/c1-14(2,3)12-10-7-8-11(9-10)13(12)15(4,5)6/h10-13H,7-9H2,1-6H3/t10-,11+,12+,13-. The van der Waals surface area contributed by atoms with E-state index in [2.05, 4.69) is 41.5 Å². The highest BCUT2D eigenvalue weighted by Crippen LogP contribution is 2.62. The molecule has 0 nitrogen and oxygen atoms in total. The molecule has 0 spiro atoms. The van der Waals surface area contributed by atoms with Crippen LogP contribution in [0.1, 0.15) is 60.8 Å². The third kappa shape index (κ3) is 1.85. The van der Waals surface area contributed by atoms with Gasteiger partial charge in [0.2, 0.25) is 0 Å². The van der Waals surface area contributed by atoms with Crippen molar-refractivity contribution in [2.45, 2.75) is 60.8 Å². The third-order valence-electron chi connectivity index (χ3n) is 4.92. The van der Waals surface area contributed by atoms with Crippen LogP contribution in [0, 0.1) is 34.5 Å². The quantitative estimate of drug-likeness (QED) is 0.539. The highest BCUT2D eigenvalue weighted by molar-refractivity contribution is 5.03. The van der Waals surface area contributed by atoms with Crippen molar-refractivity contribution in [3.8, 4) is 0 Å². The SMILES string of the molecule is CC(C)(C)[C@@H]1[C@H]2CC[C@H](C2)[C@@H]1C(C)(C)C. The molecule has 0 heteroatoms. The van der Waals surface area contributed by atoms with Crippen molar-refractivity contribution in [2.75, 3.05) is 0 Å². The van der Waals surface area contributed by atoms with Gasteiger partial charge in [0.15, 0.2) is 0 Å². The van der Waals surface area contributed by atoms with Crippen LogP contribution in [-0.2, 0) is 0 Å². The number of rotatable bonds is 0. The summed E-state index contributed by atoms with van der Waals surface area (Å²) in [5.74, 6) is 4.02. The zero-order valence-corrected chi connectivity index (χ0v) is 11.4. The molecular weight excluding hydrogens is 180 g/mol. The van der Waals surface area contributed by atoms with Gasteiger partial charge in [0.05, 0.1) is 0 Å². The summed E-state index contributed by atoms with van der Waals surface area (Å²) in [5.41, 5.74) is 1.02. The van der Waals surface area contributed by atoms with Crippen LogP contribution in [0.15, 0.2) is 0 Å². The molecule has 0 aromatic carbocycles. The van der Waals surface area contributed by atoms with Crippen LogP contribution in [0.5, 0.6) is 0 Å². The average Bonchev–Trinajstić information content (AvgIpc) is 2.56. The van der Waals surface area contributed by atoms with Gasteiger partial charge < -0.3 is 0 Å². The lowest BCUT2D eigenvalue weighted by Crippen LogP contribution is -2.39. The number of hydrogen-bond acceptors (Lipinski definition) is 0. The molecule has 0 aliphatic heterocycles. The number of hydrogen-bond donors (Lipinski definition) is 0. The number of fused-ring (bicyclic) bond motifs is 2. The highest BCUT2D eigenvalue weighted by atomic mass is 14.6. The zero-order chi connectivity index (χ0) is 11.4. The second-order valence-electron chi connectivity index (χ2n) is 8.12. The Balaban J connectivity index is 2.28. The van der Waals surface area contributed by atoms with Gasteiger partial charge in [-0.2, -0.15) is 0 Å². The van der Waals surface area contributed by atoms with E-state index < -0.39 is 0 Å². The van der Waals surface area contributed by atoms with E-state index >= 15 is 0 Å². The fraction of sp³-hybridized carbons (Fsp3) is 1.00. The molecule has 0 aromatic rings. The summed E-state index contributed by atoms with van der Waals surface area (Å²) in [6.45, 7) is 14.7. The van der Waals surface area contributed by atoms with Crippen molar-refractivity contribution < 1.29 is 0 Å². The predicted molar refractivity (Wildman–Crippen MR) is 66.7 cm³/mol. The molecule has 88 valence electrons. The lowest BCUT2D eigenvalue weighted by Gasteiger charge is -2.46. The largest absolute Gasteiger partial charge is 0.0599 e. The maximum Gasteiger partial charge on any atom is -0.0301 e. The van der Waals surface area contributed by atoms with Crippen LogP contribution in [0.4, 0.5) is 0 Å². The minimum atomic E-state index is 0.512. The summed E-state index contributed by atoms with van der Waals surface area (Å²) in [6, 6.07) is 0. The Kier molecular flexibility index (Phi) is 2.48. The van der Waals surface area contributed by atoms with Crippen LogP contribution in [0.25, 0.3) is 0 Å². The van der Waals surface area contributed by atoms with Gasteiger partial charge in [0.25, 0.3) is 0 Å². The fourth-order valence-corrected chi connectivity index (χ4v) is 4.78. The molecule has 2 saturated carbocycles. The summed E-state index contributed by atoms with van der Waals surface area (Å²) in [5, 5.41) is 0. The summed E-state index contributed by atoms with van der Waals surface area (Å²) in [4.78, 5) is 0. The van der Waals surface area contributed by atoms with Crippen molar-refractivity contribution >= 4 is 0 Å². The first-order chi connectivity index (χ1) is 6.71. The Bertz CT molecular complexity index is 212. The lowest BCUT2D eigenvalue weighted by atomic mass is 9.59. The van der Waals surface area contributed by atoms with Gasteiger partial charge in [-0.3, -0.25) is 0 Å². The monoisotopic (exact) mass is 208 g/mol. The molecule has 0 amide bonds. The fourth-order valence-electron chi connectivity index (χ4n) is 4.78. The van der Waals surface area contributed by atoms with Crippen molar-refractivity contribution in [1.29, 1.82) is 0 Å². The van der Waals surface area contributed by atoms with Crippen LogP contribution in [0.3, 0.4) is 0 Å². The Hall–Kier alpha value is 0. The van der Waals surface area contributed by atoms with Gasteiger partial charge in [-0.25, -0.2) is 0 Å². The second kappa shape index (κ2) is 3.25. The van der Waals surface area contributed by atoms with Crippen molar-refractivity contribution in [2.24, 2.45) is 34.5 Å². The molecule has 0 saturated heterocycles. The lowest BCUT2D eigenvalue weighted by molar-refractivity contribution is 0.0245. The molecule has 4 atom stereocenters. The molecule has 0 radical (unpaired) electrons. The summed E-state index contributed by atoms with van der Waals surface area (Å²) >= 11 is 0. The van der Waals surface area contributed by atoms with E-state index in [0.29, 0.717) is 10.8 Å². The molecule has 0 N–H and O–H groups in total. The molecule has 0 heterocycles. The van der Waals surface area contributed by atoms with Gasteiger partial charge in [-0.05, 0) is 53.8 Å². The molecule has 15 heavy (non-hydrogen) atoms. The molecule has 0 aromatic heterocycles. The summed E-state index contributed by atoms with van der Waals surface area (Å²) < 4.78 is 0.